The molecule has 2 N–H and O–H groups in total. The number of aromatic nitrogens is 2. The molecule has 0 spiro atoms. The van der Waals surface area contributed by atoms with Crippen molar-refractivity contribution in [3.05, 3.63) is 22.7 Å². The number of hydrogen-bond acceptors (Lipinski definition) is 4. The van der Waals surface area contributed by atoms with Gasteiger partial charge in [0.1, 0.15) is 0 Å². The van der Waals surface area contributed by atoms with Gasteiger partial charge in [-0.2, -0.15) is 0 Å². The van der Waals surface area contributed by atoms with E-state index < -0.39 is 0 Å². The lowest BCUT2D eigenvalue weighted by molar-refractivity contribution is 0.332. The highest BCUT2D eigenvalue weighted by Crippen LogP contribution is 2.21. The summed E-state index contributed by atoms with van der Waals surface area (Å²) in [7, 11) is 1.98. The summed E-state index contributed by atoms with van der Waals surface area (Å²) >= 11 is 0. The number of piperidine rings is 1. The molecule has 5 heteroatoms. The van der Waals surface area contributed by atoms with Gasteiger partial charge in [0.25, 0.3) is 5.56 Å². The number of nitrogens with zero attached hydrogens (tertiary/aromatic N) is 2. The maximum Gasteiger partial charge on any atom is 0.290 e. The summed E-state index contributed by atoms with van der Waals surface area (Å²) < 4.78 is 0. The van der Waals surface area contributed by atoms with Gasteiger partial charge in [-0.3, -0.25) is 4.79 Å². The molecule has 1 aliphatic heterocycles. The summed E-state index contributed by atoms with van der Waals surface area (Å²) in [5.74, 6) is 1.13. The van der Waals surface area contributed by atoms with Crippen LogP contribution in [0.2, 0.25) is 0 Å². The van der Waals surface area contributed by atoms with E-state index in [0.29, 0.717) is 17.8 Å². The molecule has 1 aliphatic rings. The molecular weight excluding hydrogens is 216 g/mol. The molecule has 0 aliphatic carbocycles. The van der Waals surface area contributed by atoms with Crippen LogP contribution in [0.5, 0.6) is 0 Å². The molecule has 2 rings (SSSR count). The second-order valence-electron chi connectivity index (χ2n) is 4.67. The fraction of sp³-hybridized carbons (Fsp3) is 0.667. The molecule has 1 fully saturated rings. The largest absolute Gasteiger partial charge is 0.352 e. The van der Waals surface area contributed by atoms with Crippen molar-refractivity contribution in [2.45, 2.75) is 25.8 Å². The molecule has 1 aromatic heterocycles. The Hall–Kier alpha value is -1.36. The van der Waals surface area contributed by atoms with Crippen molar-refractivity contribution in [2.75, 3.05) is 25.0 Å². The summed E-state index contributed by atoms with van der Waals surface area (Å²) in [5.41, 5.74) is -0.0924. The van der Waals surface area contributed by atoms with Crippen molar-refractivity contribution in [2.24, 2.45) is 5.92 Å². The van der Waals surface area contributed by atoms with E-state index in [-0.39, 0.29) is 5.56 Å². The van der Waals surface area contributed by atoms with Crippen LogP contribution in [0.3, 0.4) is 0 Å². The van der Waals surface area contributed by atoms with Crippen molar-refractivity contribution in [3.63, 3.8) is 0 Å². The van der Waals surface area contributed by atoms with Crippen LogP contribution in [0.4, 0.5) is 5.82 Å². The Bertz CT molecular complexity index is 417. The van der Waals surface area contributed by atoms with Crippen molar-refractivity contribution in [1.29, 1.82) is 0 Å². The van der Waals surface area contributed by atoms with E-state index in [1.54, 1.807) is 12.4 Å². The van der Waals surface area contributed by atoms with Crippen LogP contribution >= 0.6 is 0 Å². The third-order valence-corrected chi connectivity index (χ3v) is 3.61. The van der Waals surface area contributed by atoms with Crippen LogP contribution in [-0.2, 0) is 0 Å². The molecule has 2 unspecified atom stereocenters. The Morgan fingerprint density at radius 1 is 1.65 bits per heavy atom. The lowest BCUT2D eigenvalue weighted by atomic mass is 9.92. The summed E-state index contributed by atoms with van der Waals surface area (Å²) in [5, 5.41) is 3.29. The first-order valence-corrected chi connectivity index (χ1v) is 6.18. The van der Waals surface area contributed by atoms with Crippen LogP contribution in [-0.4, -0.2) is 36.1 Å². The quantitative estimate of drug-likeness (QED) is 0.806. The average Bonchev–Trinajstić information content (AvgIpc) is 2.38. The second-order valence-corrected chi connectivity index (χ2v) is 4.67. The zero-order chi connectivity index (χ0) is 12.3. The molecule has 0 radical (unpaired) electrons. The number of H-pyrrole nitrogens is 1. The number of nitrogens with one attached hydrogen (secondary N) is 2. The highest BCUT2D eigenvalue weighted by atomic mass is 16.1. The first-order chi connectivity index (χ1) is 8.22. The molecule has 0 saturated carbocycles. The third kappa shape index (κ3) is 2.66. The number of hydrogen-bond donors (Lipinski definition) is 2. The number of rotatable bonds is 3. The van der Waals surface area contributed by atoms with Crippen molar-refractivity contribution in [1.82, 2.24) is 15.3 Å². The Morgan fingerprint density at radius 3 is 3.18 bits per heavy atom. The molecule has 0 amide bonds. The SMILES string of the molecule is CNC(C)C1CCCN(c2ncc[nH]c2=O)C1. The third-order valence-electron chi connectivity index (χ3n) is 3.61. The Labute approximate surface area is 101 Å². The highest BCUT2D eigenvalue weighted by Gasteiger charge is 2.25. The van der Waals surface area contributed by atoms with Crippen LogP contribution in [0.15, 0.2) is 17.2 Å². The predicted molar refractivity (Wildman–Crippen MR) is 68.3 cm³/mol. The minimum atomic E-state index is -0.0924. The van der Waals surface area contributed by atoms with Crippen LogP contribution in [0.25, 0.3) is 0 Å². The fourth-order valence-electron chi connectivity index (χ4n) is 2.42. The van der Waals surface area contributed by atoms with Gasteiger partial charge in [-0.05, 0) is 32.7 Å². The lowest BCUT2D eigenvalue weighted by Gasteiger charge is -2.35. The van der Waals surface area contributed by atoms with E-state index >= 15 is 0 Å². The second kappa shape index (κ2) is 5.31. The topological polar surface area (TPSA) is 61.0 Å². The zero-order valence-electron chi connectivity index (χ0n) is 10.4. The highest BCUT2D eigenvalue weighted by molar-refractivity contribution is 5.35. The minimum Gasteiger partial charge on any atom is -0.352 e. The maximum atomic E-state index is 11.7. The van der Waals surface area contributed by atoms with Gasteiger partial charge in [0.05, 0.1) is 0 Å². The first-order valence-electron chi connectivity index (χ1n) is 6.18. The first kappa shape index (κ1) is 12.1. The monoisotopic (exact) mass is 236 g/mol. The van der Waals surface area contributed by atoms with E-state index in [1.165, 1.54) is 6.42 Å². The fourth-order valence-corrected chi connectivity index (χ4v) is 2.42. The van der Waals surface area contributed by atoms with Gasteiger partial charge in [0.15, 0.2) is 5.82 Å². The normalized spacial score (nSPS) is 22.5. The van der Waals surface area contributed by atoms with Crippen molar-refractivity contribution in [3.8, 4) is 0 Å². The summed E-state index contributed by atoms with van der Waals surface area (Å²) in [6.07, 6.45) is 5.54. The van der Waals surface area contributed by atoms with Gasteiger partial charge < -0.3 is 15.2 Å². The van der Waals surface area contributed by atoms with Crippen LogP contribution in [0, 0.1) is 5.92 Å². The van der Waals surface area contributed by atoms with E-state index in [4.69, 9.17) is 0 Å². The zero-order valence-corrected chi connectivity index (χ0v) is 10.4. The van der Waals surface area contributed by atoms with Gasteiger partial charge in [0.2, 0.25) is 0 Å². The standard InChI is InChI=1S/C12H20N4O/c1-9(13-2)10-4-3-7-16(8-10)11-12(17)15-6-5-14-11/h5-6,9-10,13H,3-4,7-8H2,1-2H3,(H,15,17). The van der Waals surface area contributed by atoms with Crippen LogP contribution < -0.4 is 15.8 Å². The molecule has 94 valence electrons. The minimum absolute atomic E-state index is 0.0924. The maximum absolute atomic E-state index is 11.7. The van der Waals surface area contributed by atoms with Crippen molar-refractivity contribution >= 4 is 5.82 Å². The molecule has 5 nitrogen and oxygen atoms in total. The number of aromatic amines is 1. The van der Waals surface area contributed by atoms with E-state index in [1.807, 2.05) is 7.05 Å². The van der Waals surface area contributed by atoms with E-state index in [9.17, 15) is 4.79 Å². The lowest BCUT2D eigenvalue weighted by Crippen LogP contribution is -2.45. The molecule has 2 heterocycles. The van der Waals surface area contributed by atoms with Gasteiger partial charge in [0, 0.05) is 31.5 Å². The van der Waals surface area contributed by atoms with Crippen molar-refractivity contribution < 1.29 is 0 Å². The van der Waals surface area contributed by atoms with Gasteiger partial charge in [-0.1, -0.05) is 0 Å². The molecule has 0 bridgehead atoms. The van der Waals surface area contributed by atoms with Crippen LogP contribution in [0.1, 0.15) is 19.8 Å². The molecule has 1 aromatic rings. The molecular formula is C12H20N4O. The molecule has 1 saturated heterocycles. The summed E-state index contributed by atoms with van der Waals surface area (Å²) in [4.78, 5) is 20.7. The summed E-state index contributed by atoms with van der Waals surface area (Å²) in [6.45, 7) is 4.02. The van der Waals surface area contributed by atoms with E-state index in [2.05, 4.69) is 27.1 Å². The predicted octanol–water partition coefficient (Wildman–Crippen LogP) is 0.594. The number of anilines is 1. The van der Waals surface area contributed by atoms with Gasteiger partial charge in [-0.25, -0.2) is 4.98 Å². The van der Waals surface area contributed by atoms with Gasteiger partial charge in [-0.15, -0.1) is 0 Å². The van der Waals surface area contributed by atoms with E-state index in [0.717, 1.165) is 19.5 Å². The molecule has 0 aromatic carbocycles. The molecule has 17 heavy (non-hydrogen) atoms. The molecule has 2 atom stereocenters. The average molecular weight is 236 g/mol. The summed E-state index contributed by atoms with van der Waals surface area (Å²) in [6, 6.07) is 0.473. The smallest absolute Gasteiger partial charge is 0.290 e. The van der Waals surface area contributed by atoms with Gasteiger partial charge >= 0.3 is 0 Å². The Balaban J connectivity index is 2.12. The Morgan fingerprint density at radius 2 is 2.47 bits per heavy atom. The Kier molecular flexibility index (Phi) is 3.78.